The molecule has 5 heterocycles. The Kier molecular flexibility index (Phi) is 7.03. The van der Waals surface area contributed by atoms with Crippen molar-refractivity contribution in [2.75, 3.05) is 31.1 Å². The maximum atomic E-state index is 15.5. The lowest BCUT2D eigenvalue weighted by Gasteiger charge is -2.37. The Morgan fingerprint density at radius 2 is 1.76 bits per heavy atom. The van der Waals surface area contributed by atoms with Crippen LogP contribution in [0.2, 0.25) is 0 Å². The highest BCUT2D eigenvalue weighted by atomic mass is 19.3. The molecule has 0 saturated carbocycles. The van der Waals surface area contributed by atoms with Gasteiger partial charge in [-0.2, -0.15) is 8.78 Å². The van der Waals surface area contributed by atoms with Gasteiger partial charge in [0.2, 0.25) is 5.89 Å². The molecule has 1 aromatic carbocycles. The Labute approximate surface area is 232 Å². The molecule has 0 bridgehead atoms. The van der Waals surface area contributed by atoms with E-state index in [0.717, 1.165) is 32.0 Å². The van der Waals surface area contributed by atoms with Crippen molar-refractivity contribution in [1.29, 1.82) is 0 Å². The van der Waals surface area contributed by atoms with E-state index in [-0.39, 0.29) is 23.5 Å². The molecule has 5 aromatic rings. The Morgan fingerprint density at radius 3 is 2.44 bits per heavy atom. The van der Waals surface area contributed by atoms with Crippen LogP contribution in [0.1, 0.15) is 31.9 Å². The Balaban J connectivity index is 1.24. The van der Waals surface area contributed by atoms with Crippen LogP contribution in [0.4, 0.5) is 19.0 Å². The summed E-state index contributed by atoms with van der Waals surface area (Å²) in [6.45, 7) is 7.87. The zero-order valence-electron chi connectivity index (χ0n) is 22.3. The summed E-state index contributed by atoms with van der Waals surface area (Å²) >= 11 is 0. The number of nitrogens with zero attached hydrogens (tertiary/aromatic N) is 7. The fraction of sp³-hybridized carbons (Fsp3) is 0.321. The molecule has 0 amide bonds. The molecule has 1 aliphatic heterocycles. The van der Waals surface area contributed by atoms with Crippen LogP contribution in [0.15, 0.2) is 62.4 Å². The molecule has 0 aliphatic carbocycles. The lowest BCUT2D eigenvalue weighted by Crippen LogP contribution is -2.49. The van der Waals surface area contributed by atoms with Gasteiger partial charge in [0.15, 0.2) is 5.58 Å². The molecule has 1 saturated heterocycles. The SMILES string of the molecule is CC(C)N1CCN(c2cc(-c3cc4oc(=O)n(Cc5ccc(-c6nnc(C(F)F)o6)cn5)c4cc3F)ccn2)CC1. The van der Waals surface area contributed by atoms with E-state index in [0.29, 0.717) is 28.4 Å². The molecule has 6 rings (SSSR count). The number of anilines is 1. The van der Waals surface area contributed by atoms with Gasteiger partial charge in [-0.25, -0.2) is 14.2 Å². The molecule has 10 nitrogen and oxygen atoms in total. The molecular weight excluding hydrogens is 539 g/mol. The fourth-order valence-corrected chi connectivity index (χ4v) is 4.93. The van der Waals surface area contributed by atoms with Gasteiger partial charge in [0, 0.05) is 56.2 Å². The summed E-state index contributed by atoms with van der Waals surface area (Å²) in [7, 11) is 0. The van der Waals surface area contributed by atoms with Gasteiger partial charge in [-0.1, -0.05) is 0 Å². The van der Waals surface area contributed by atoms with Crippen molar-refractivity contribution in [3.8, 4) is 22.6 Å². The first kappa shape index (κ1) is 26.7. The average Bonchev–Trinajstić information content (AvgIpc) is 3.58. The van der Waals surface area contributed by atoms with Crippen LogP contribution in [-0.2, 0) is 6.54 Å². The van der Waals surface area contributed by atoms with Crippen LogP contribution in [0.3, 0.4) is 0 Å². The van der Waals surface area contributed by atoms with Gasteiger partial charge >= 0.3 is 12.2 Å². The smallest absolute Gasteiger partial charge is 0.415 e. The first-order valence-electron chi connectivity index (χ1n) is 13.1. The number of aromatic nitrogens is 5. The quantitative estimate of drug-likeness (QED) is 0.276. The standard InChI is InChI=1S/C28H26F3N7O3/c1-16(2)36-7-9-37(10-8-36)24-11-17(5-6-32-24)20-12-23-22(13-21(20)29)38(28(39)40-23)15-19-4-3-18(14-33-19)26-34-35-27(41-26)25(30)31/h3-6,11-14,16,25H,7-10,15H2,1-2H3. The summed E-state index contributed by atoms with van der Waals surface area (Å²) in [4.78, 5) is 26.1. The third kappa shape index (κ3) is 5.32. The van der Waals surface area contributed by atoms with E-state index in [1.165, 1.54) is 22.9 Å². The van der Waals surface area contributed by atoms with E-state index < -0.39 is 23.9 Å². The Hall–Kier alpha value is -4.52. The first-order chi connectivity index (χ1) is 19.8. The van der Waals surface area contributed by atoms with Gasteiger partial charge in [-0.05, 0) is 49.7 Å². The molecule has 13 heteroatoms. The number of oxazole rings is 1. The molecule has 1 aliphatic rings. The Bertz CT molecular complexity index is 1740. The number of piperazine rings is 1. The van der Waals surface area contributed by atoms with E-state index in [9.17, 15) is 13.6 Å². The summed E-state index contributed by atoms with van der Waals surface area (Å²) in [6.07, 6.45) is 0.146. The minimum atomic E-state index is -2.88. The van der Waals surface area contributed by atoms with Crippen LogP contribution in [0, 0.1) is 5.82 Å². The van der Waals surface area contributed by atoms with Gasteiger partial charge in [0.25, 0.3) is 5.89 Å². The Morgan fingerprint density at radius 1 is 0.951 bits per heavy atom. The summed E-state index contributed by atoms with van der Waals surface area (Å²) in [5.41, 5.74) is 2.23. The molecule has 0 unspecified atom stereocenters. The van der Waals surface area contributed by atoms with Gasteiger partial charge in [-0.3, -0.25) is 14.5 Å². The molecule has 0 spiro atoms. The normalized spacial score (nSPS) is 14.6. The number of hydrogen-bond acceptors (Lipinski definition) is 9. The second-order valence-corrected chi connectivity index (χ2v) is 10.1. The highest BCUT2D eigenvalue weighted by Gasteiger charge is 2.22. The molecule has 212 valence electrons. The summed E-state index contributed by atoms with van der Waals surface area (Å²) in [5, 5.41) is 6.89. The molecule has 1 fully saturated rings. The van der Waals surface area contributed by atoms with Gasteiger partial charge in [0.05, 0.1) is 23.3 Å². The second-order valence-electron chi connectivity index (χ2n) is 10.1. The summed E-state index contributed by atoms with van der Waals surface area (Å²) in [6, 6.07) is 9.99. The number of benzene rings is 1. The molecule has 0 atom stereocenters. The van der Waals surface area contributed by atoms with E-state index >= 15 is 4.39 Å². The van der Waals surface area contributed by atoms with E-state index in [1.54, 1.807) is 24.4 Å². The largest absolute Gasteiger partial charge is 0.420 e. The molecule has 0 N–H and O–H groups in total. The molecule has 4 aromatic heterocycles. The topological polar surface area (TPSA) is 106 Å². The number of fused-ring (bicyclic) bond motifs is 1. The number of hydrogen-bond donors (Lipinski definition) is 0. The number of alkyl halides is 2. The maximum Gasteiger partial charge on any atom is 0.420 e. The van der Waals surface area contributed by atoms with Gasteiger partial charge in [-0.15, -0.1) is 10.2 Å². The minimum absolute atomic E-state index is 0.00121. The predicted octanol–water partition coefficient (Wildman–Crippen LogP) is 4.76. The zero-order valence-corrected chi connectivity index (χ0v) is 22.3. The molecule has 41 heavy (non-hydrogen) atoms. The lowest BCUT2D eigenvalue weighted by atomic mass is 10.1. The van der Waals surface area contributed by atoms with Crippen LogP contribution >= 0.6 is 0 Å². The molecular formula is C28H26F3N7O3. The van der Waals surface area contributed by atoms with Crippen LogP contribution in [0.25, 0.3) is 33.7 Å². The van der Waals surface area contributed by atoms with Crippen molar-refractivity contribution in [3.63, 3.8) is 0 Å². The van der Waals surface area contributed by atoms with Crippen LogP contribution in [-0.4, -0.2) is 61.9 Å². The summed E-state index contributed by atoms with van der Waals surface area (Å²) in [5.74, 6) is -1.29. The predicted molar refractivity (Wildman–Crippen MR) is 144 cm³/mol. The van der Waals surface area contributed by atoms with Crippen LogP contribution < -0.4 is 10.7 Å². The van der Waals surface area contributed by atoms with Crippen molar-refractivity contribution >= 4 is 16.9 Å². The van der Waals surface area contributed by atoms with E-state index in [4.69, 9.17) is 8.83 Å². The van der Waals surface area contributed by atoms with E-state index in [1.807, 2.05) is 6.07 Å². The van der Waals surface area contributed by atoms with Crippen molar-refractivity contribution in [2.45, 2.75) is 32.9 Å². The van der Waals surface area contributed by atoms with Gasteiger partial charge < -0.3 is 13.7 Å². The van der Waals surface area contributed by atoms with Crippen LogP contribution in [0.5, 0.6) is 0 Å². The van der Waals surface area contributed by atoms with Crippen molar-refractivity contribution in [1.82, 2.24) is 29.6 Å². The molecule has 0 radical (unpaired) electrons. The minimum Gasteiger partial charge on any atom is -0.415 e. The van der Waals surface area contributed by atoms with Gasteiger partial charge in [0.1, 0.15) is 11.6 Å². The van der Waals surface area contributed by atoms with E-state index in [2.05, 4.69) is 43.8 Å². The van der Waals surface area contributed by atoms with Crippen molar-refractivity contribution < 1.29 is 22.0 Å². The number of pyridine rings is 2. The summed E-state index contributed by atoms with van der Waals surface area (Å²) < 4.78 is 52.6. The average molecular weight is 566 g/mol. The maximum absolute atomic E-state index is 15.5. The first-order valence-corrected chi connectivity index (χ1v) is 13.1. The third-order valence-electron chi connectivity index (χ3n) is 7.20. The lowest BCUT2D eigenvalue weighted by molar-refractivity contribution is 0.116. The number of halogens is 3. The monoisotopic (exact) mass is 565 g/mol. The third-order valence-corrected chi connectivity index (χ3v) is 7.20. The zero-order chi connectivity index (χ0) is 28.7. The van der Waals surface area contributed by atoms with Crippen molar-refractivity contribution in [2.24, 2.45) is 0 Å². The van der Waals surface area contributed by atoms with Crippen molar-refractivity contribution in [3.05, 3.63) is 76.7 Å². The second kappa shape index (κ2) is 10.8. The fourth-order valence-electron chi connectivity index (χ4n) is 4.93. The number of rotatable bonds is 7. The highest BCUT2D eigenvalue weighted by molar-refractivity contribution is 5.81. The highest BCUT2D eigenvalue weighted by Crippen LogP contribution is 2.30.